The summed E-state index contributed by atoms with van der Waals surface area (Å²) < 4.78 is 1.62. The van der Waals surface area contributed by atoms with Crippen molar-refractivity contribution in [3.8, 4) is 0 Å². The molecule has 0 aliphatic carbocycles. The van der Waals surface area contributed by atoms with E-state index in [4.69, 9.17) is 0 Å². The van der Waals surface area contributed by atoms with Crippen molar-refractivity contribution in [2.24, 2.45) is 0 Å². The van der Waals surface area contributed by atoms with Gasteiger partial charge in [-0.1, -0.05) is 25.1 Å². The Bertz CT molecular complexity index is 892. The largest absolute Gasteiger partial charge is 0.368 e. The third-order valence-electron chi connectivity index (χ3n) is 5.20. The lowest BCUT2D eigenvalue weighted by Crippen LogP contribution is -2.44. The van der Waals surface area contributed by atoms with Gasteiger partial charge in [0.15, 0.2) is 6.23 Å². The highest BCUT2D eigenvalue weighted by Crippen LogP contribution is 2.25. The number of hydrogen-bond donors (Lipinski definition) is 2. The third-order valence-corrected chi connectivity index (χ3v) is 5.20. The van der Waals surface area contributed by atoms with Gasteiger partial charge in [-0.3, -0.25) is 9.69 Å². The molecule has 8 nitrogen and oxygen atoms in total. The van der Waals surface area contributed by atoms with Gasteiger partial charge in [0.05, 0.1) is 17.7 Å². The maximum atomic E-state index is 12.7. The van der Waals surface area contributed by atoms with Gasteiger partial charge in [-0.2, -0.15) is 0 Å². The number of carbonyl (C=O) groups excluding carboxylic acids is 2. The van der Waals surface area contributed by atoms with E-state index in [2.05, 4.69) is 10.3 Å². The van der Waals surface area contributed by atoms with E-state index in [9.17, 15) is 14.7 Å². The minimum atomic E-state index is -1.16. The number of nitrogens with zero attached hydrogens (tertiary/aromatic N) is 4. The molecule has 0 saturated carbocycles. The third kappa shape index (κ3) is 3.73. The van der Waals surface area contributed by atoms with Crippen molar-refractivity contribution in [2.45, 2.75) is 39.5 Å². The molecule has 8 heteroatoms. The standard InChI is InChI=1S/C20H27N5O3/c1-5-14-8-6-7-13(2)17(14)22-16(26)11-25-12-21-15-9-10-23(3)20(28)24(4)19(27)18(15)25/h6-8,12,19,27H,5,9-11H2,1-4H3,(H,22,26). The molecule has 3 rings (SSSR count). The molecule has 1 atom stereocenters. The first-order valence-electron chi connectivity index (χ1n) is 9.41. The van der Waals surface area contributed by atoms with Crippen LogP contribution in [0.2, 0.25) is 0 Å². The van der Waals surface area contributed by atoms with E-state index in [0.29, 0.717) is 24.4 Å². The van der Waals surface area contributed by atoms with Crippen molar-refractivity contribution in [3.05, 3.63) is 47.0 Å². The van der Waals surface area contributed by atoms with Crippen LogP contribution in [0.4, 0.5) is 10.5 Å². The van der Waals surface area contributed by atoms with Gasteiger partial charge in [0.1, 0.15) is 6.54 Å². The molecule has 2 aromatic rings. The highest BCUT2D eigenvalue weighted by Gasteiger charge is 2.30. The fourth-order valence-corrected chi connectivity index (χ4v) is 3.51. The van der Waals surface area contributed by atoms with Gasteiger partial charge < -0.3 is 19.9 Å². The van der Waals surface area contributed by atoms with Gasteiger partial charge in [-0.05, 0) is 24.5 Å². The number of para-hydroxylation sites is 1. The Labute approximate surface area is 164 Å². The molecule has 2 N–H and O–H groups in total. The van der Waals surface area contributed by atoms with Gasteiger partial charge in [0.2, 0.25) is 5.91 Å². The topological polar surface area (TPSA) is 90.7 Å². The van der Waals surface area contributed by atoms with Gasteiger partial charge in [0.25, 0.3) is 0 Å². The fourth-order valence-electron chi connectivity index (χ4n) is 3.51. The Morgan fingerprint density at radius 2 is 2.11 bits per heavy atom. The lowest BCUT2D eigenvalue weighted by Gasteiger charge is -2.32. The average Bonchev–Trinajstić information content (AvgIpc) is 3.07. The second kappa shape index (κ2) is 8.02. The molecule has 0 saturated heterocycles. The van der Waals surface area contributed by atoms with Crippen LogP contribution < -0.4 is 5.32 Å². The van der Waals surface area contributed by atoms with E-state index in [1.807, 2.05) is 32.0 Å². The van der Waals surface area contributed by atoms with E-state index in [0.717, 1.165) is 23.2 Å². The first kappa shape index (κ1) is 19.9. The number of aliphatic hydroxyl groups excluding tert-OH is 1. The van der Waals surface area contributed by atoms with E-state index in [-0.39, 0.29) is 18.5 Å². The zero-order valence-corrected chi connectivity index (χ0v) is 16.8. The summed E-state index contributed by atoms with van der Waals surface area (Å²) in [4.78, 5) is 32.2. The predicted molar refractivity (Wildman–Crippen MR) is 106 cm³/mol. The molecule has 0 bridgehead atoms. The summed E-state index contributed by atoms with van der Waals surface area (Å²) in [6.07, 6.45) is 1.73. The minimum absolute atomic E-state index is 0.00868. The number of amides is 3. The number of hydrogen-bond acceptors (Lipinski definition) is 4. The van der Waals surface area contributed by atoms with E-state index in [1.165, 1.54) is 11.9 Å². The highest BCUT2D eigenvalue weighted by atomic mass is 16.3. The van der Waals surface area contributed by atoms with Crippen LogP contribution in [0.1, 0.15) is 35.7 Å². The molecule has 150 valence electrons. The quantitative estimate of drug-likeness (QED) is 0.841. The number of aromatic nitrogens is 2. The summed E-state index contributed by atoms with van der Waals surface area (Å²) in [5.74, 6) is -0.204. The number of imidazole rings is 1. The van der Waals surface area contributed by atoms with E-state index in [1.54, 1.807) is 22.8 Å². The lowest BCUT2D eigenvalue weighted by atomic mass is 10.1. The Balaban J connectivity index is 1.84. The second-order valence-electron chi connectivity index (χ2n) is 7.15. The summed E-state index contributed by atoms with van der Waals surface area (Å²) in [7, 11) is 3.23. The number of carbonyl (C=O) groups is 2. The zero-order chi connectivity index (χ0) is 20.4. The predicted octanol–water partition coefficient (Wildman–Crippen LogP) is 1.92. The number of aryl methyl sites for hydroxylation is 2. The van der Waals surface area contributed by atoms with Crippen molar-refractivity contribution in [1.29, 1.82) is 0 Å². The van der Waals surface area contributed by atoms with Crippen LogP contribution in [0, 0.1) is 6.92 Å². The Morgan fingerprint density at radius 1 is 1.36 bits per heavy atom. The lowest BCUT2D eigenvalue weighted by molar-refractivity contribution is -0.116. The fraction of sp³-hybridized carbons (Fsp3) is 0.450. The smallest absolute Gasteiger partial charge is 0.321 e. The van der Waals surface area contributed by atoms with E-state index < -0.39 is 6.23 Å². The first-order chi connectivity index (χ1) is 13.3. The zero-order valence-electron chi connectivity index (χ0n) is 16.8. The minimum Gasteiger partial charge on any atom is -0.368 e. The van der Waals surface area contributed by atoms with Crippen molar-refractivity contribution in [2.75, 3.05) is 26.0 Å². The van der Waals surface area contributed by atoms with Gasteiger partial charge in [-0.15, -0.1) is 0 Å². The summed E-state index contributed by atoms with van der Waals surface area (Å²) in [6, 6.07) is 5.66. The number of anilines is 1. The monoisotopic (exact) mass is 385 g/mol. The number of urea groups is 1. The molecular weight excluding hydrogens is 358 g/mol. The van der Waals surface area contributed by atoms with Crippen LogP contribution in [0.5, 0.6) is 0 Å². The van der Waals surface area contributed by atoms with Gasteiger partial charge in [0, 0.05) is 32.7 Å². The highest BCUT2D eigenvalue weighted by molar-refractivity contribution is 5.92. The summed E-state index contributed by atoms with van der Waals surface area (Å²) in [5.41, 5.74) is 4.08. The molecule has 2 heterocycles. The number of likely N-dealkylation sites (N-methyl/N-ethyl adjacent to an activating group) is 1. The van der Waals surface area contributed by atoms with Crippen molar-refractivity contribution < 1.29 is 14.7 Å². The number of benzene rings is 1. The van der Waals surface area contributed by atoms with E-state index >= 15 is 0 Å². The van der Waals surface area contributed by atoms with Crippen LogP contribution in [-0.4, -0.2) is 57.0 Å². The van der Waals surface area contributed by atoms with Crippen LogP contribution >= 0.6 is 0 Å². The Kier molecular flexibility index (Phi) is 5.69. The molecule has 1 aliphatic heterocycles. The molecule has 1 unspecified atom stereocenters. The maximum Gasteiger partial charge on any atom is 0.321 e. The second-order valence-corrected chi connectivity index (χ2v) is 7.15. The van der Waals surface area contributed by atoms with Crippen LogP contribution in [0.3, 0.4) is 0 Å². The van der Waals surface area contributed by atoms with Crippen LogP contribution in [0.15, 0.2) is 24.5 Å². The Hall–Kier alpha value is -2.87. The molecule has 1 aromatic carbocycles. The maximum absolute atomic E-state index is 12.7. The number of rotatable bonds is 4. The van der Waals surface area contributed by atoms with Crippen molar-refractivity contribution in [3.63, 3.8) is 0 Å². The molecular formula is C20H27N5O3. The number of fused-ring (bicyclic) bond motifs is 1. The summed E-state index contributed by atoms with van der Waals surface area (Å²) >= 11 is 0. The first-order valence-corrected chi connectivity index (χ1v) is 9.41. The molecule has 3 amide bonds. The average molecular weight is 385 g/mol. The molecule has 1 aromatic heterocycles. The van der Waals surface area contributed by atoms with Crippen molar-refractivity contribution in [1.82, 2.24) is 19.4 Å². The molecule has 0 spiro atoms. The summed E-state index contributed by atoms with van der Waals surface area (Å²) in [5, 5.41) is 13.7. The van der Waals surface area contributed by atoms with Crippen LogP contribution in [-0.2, 0) is 24.2 Å². The molecule has 1 aliphatic rings. The SMILES string of the molecule is CCc1cccc(C)c1NC(=O)Cn1cnc2c1C(O)N(C)C(=O)N(C)CC2. The molecule has 28 heavy (non-hydrogen) atoms. The Morgan fingerprint density at radius 3 is 2.82 bits per heavy atom. The molecule has 0 fully saturated rings. The van der Waals surface area contributed by atoms with Gasteiger partial charge >= 0.3 is 6.03 Å². The van der Waals surface area contributed by atoms with Gasteiger partial charge in [-0.25, -0.2) is 9.78 Å². The molecule has 0 radical (unpaired) electrons. The van der Waals surface area contributed by atoms with Crippen LogP contribution in [0.25, 0.3) is 0 Å². The summed E-state index contributed by atoms with van der Waals surface area (Å²) in [6.45, 7) is 4.51. The number of aliphatic hydroxyl groups is 1. The number of nitrogens with one attached hydrogen (secondary N) is 1. The van der Waals surface area contributed by atoms with Crippen molar-refractivity contribution >= 4 is 17.6 Å². The normalized spacial score (nSPS) is 17.2.